The van der Waals surface area contributed by atoms with E-state index in [0.717, 1.165) is 12.1 Å². The summed E-state index contributed by atoms with van der Waals surface area (Å²) in [4.78, 5) is 2.04. The summed E-state index contributed by atoms with van der Waals surface area (Å²) in [6.45, 7) is 0.569. The Bertz CT molecular complexity index is 600. The molecule has 0 heterocycles. The number of anilines is 1. The van der Waals surface area contributed by atoms with Crippen LogP contribution >= 0.6 is 0 Å². The Morgan fingerprint density at radius 2 is 1.57 bits per heavy atom. The summed E-state index contributed by atoms with van der Waals surface area (Å²) in [6.07, 6.45) is 2.51. The van der Waals surface area contributed by atoms with Gasteiger partial charge in [0.05, 0.1) is 0 Å². The first-order valence-electron chi connectivity index (χ1n) is 6.67. The van der Waals surface area contributed by atoms with Crippen LogP contribution in [0.5, 0.6) is 5.75 Å². The molecule has 0 aliphatic heterocycles. The predicted octanol–water partition coefficient (Wildman–Crippen LogP) is 3.18. The monoisotopic (exact) mass is 282 g/mol. The van der Waals surface area contributed by atoms with Crippen molar-refractivity contribution in [3.8, 4) is 12.0 Å². The first-order valence-corrected chi connectivity index (χ1v) is 6.67. The maximum absolute atomic E-state index is 8.45. The molecule has 0 unspecified atom stereocenters. The summed E-state index contributed by atoms with van der Waals surface area (Å²) >= 11 is 0. The van der Waals surface area contributed by atoms with Crippen molar-refractivity contribution in [3.05, 3.63) is 59.7 Å². The molecule has 2 rings (SSSR count). The molecule has 0 fully saturated rings. The molecule has 0 aromatic heterocycles. The molecule has 2 aromatic rings. The third-order valence-corrected chi connectivity index (χ3v) is 3.19. The van der Waals surface area contributed by atoms with Crippen molar-refractivity contribution < 1.29 is 9.47 Å². The fourth-order valence-corrected chi connectivity index (χ4v) is 2.10. The second-order valence-corrected chi connectivity index (χ2v) is 4.80. The summed E-state index contributed by atoms with van der Waals surface area (Å²) in [6, 6.07) is 15.9. The lowest BCUT2D eigenvalue weighted by atomic mass is 10.0. The Balaban J connectivity index is 2.01. The van der Waals surface area contributed by atoms with E-state index in [1.165, 1.54) is 11.1 Å². The molecule has 0 aliphatic rings. The van der Waals surface area contributed by atoms with E-state index in [1.54, 1.807) is 25.5 Å². The lowest BCUT2D eigenvalue weighted by molar-refractivity contribution is 0.202. The van der Waals surface area contributed by atoms with E-state index in [1.807, 2.05) is 24.1 Å². The second kappa shape index (κ2) is 7.32. The third-order valence-electron chi connectivity index (χ3n) is 3.19. The Morgan fingerprint density at radius 3 is 2.10 bits per heavy atom. The van der Waals surface area contributed by atoms with Gasteiger partial charge in [0.25, 0.3) is 6.26 Å². The summed E-state index contributed by atoms with van der Waals surface area (Å²) < 4.78 is 9.87. The summed E-state index contributed by atoms with van der Waals surface area (Å²) in [5.41, 5.74) is 3.54. The molecule has 0 atom stereocenters. The van der Waals surface area contributed by atoms with E-state index in [-0.39, 0.29) is 0 Å². The fraction of sp³-hybridized carbons (Fsp3) is 0.235. The maximum Gasteiger partial charge on any atom is 0.292 e. The van der Waals surface area contributed by atoms with E-state index in [0.29, 0.717) is 12.5 Å². The Kier molecular flexibility index (Phi) is 5.19. The highest BCUT2D eigenvalue weighted by Gasteiger charge is 2.01. The highest BCUT2D eigenvalue weighted by Crippen LogP contribution is 2.18. The van der Waals surface area contributed by atoms with Crippen LogP contribution in [0.2, 0.25) is 0 Å². The van der Waals surface area contributed by atoms with Gasteiger partial charge in [-0.2, -0.15) is 0 Å². The lowest BCUT2D eigenvalue weighted by Crippen LogP contribution is -2.19. The molecule has 0 N–H and O–H groups in total. The van der Waals surface area contributed by atoms with Gasteiger partial charge in [-0.1, -0.05) is 24.3 Å². The van der Waals surface area contributed by atoms with Gasteiger partial charge in [-0.3, -0.25) is 0 Å². The SMILES string of the molecule is COCN(C)c1ccc(Cc2ccc(OC#N)cc2)cc1. The highest BCUT2D eigenvalue weighted by molar-refractivity contribution is 5.47. The summed E-state index contributed by atoms with van der Waals surface area (Å²) in [5, 5.41) is 8.45. The normalized spacial score (nSPS) is 9.95. The third kappa shape index (κ3) is 4.23. The number of hydrogen-bond donors (Lipinski definition) is 0. The van der Waals surface area contributed by atoms with E-state index >= 15 is 0 Å². The van der Waals surface area contributed by atoms with Crippen molar-refractivity contribution in [1.82, 2.24) is 0 Å². The molecule has 0 bridgehead atoms. The number of hydrogen-bond acceptors (Lipinski definition) is 4. The molecule has 21 heavy (non-hydrogen) atoms. The first-order chi connectivity index (χ1) is 10.2. The standard InChI is InChI=1S/C17H18N2O2/c1-19(13-20-2)16-7-3-14(4-8-16)11-15-5-9-17(10-6-15)21-12-18/h3-10H,11,13H2,1-2H3. The molecule has 4 nitrogen and oxygen atoms in total. The van der Waals surface area contributed by atoms with Crippen LogP contribution in [0.15, 0.2) is 48.5 Å². The smallest absolute Gasteiger partial charge is 0.292 e. The van der Waals surface area contributed by atoms with Crippen LogP contribution in [0.1, 0.15) is 11.1 Å². The van der Waals surface area contributed by atoms with Gasteiger partial charge in [0.15, 0.2) is 0 Å². The van der Waals surface area contributed by atoms with Gasteiger partial charge in [-0.25, -0.2) is 0 Å². The molecule has 0 radical (unpaired) electrons. The lowest BCUT2D eigenvalue weighted by Gasteiger charge is -2.18. The summed E-state index contributed by atoms with van der Waals surface area (Å²) in [7, 11) is 3.68. The second-order valence-electron chi connectivity index (χ2n) is 4.80. The van der Waals surface area contributed by atoms with Crippen LogP contribution in [0.25, 0.3) is 0 Å². The number of ether oxygens (including phenoxy) is 2. The molecule has 0 amide bonds. The quantitative estimate of drug-likeness (QED) is 0.603. The number of benzene rings is 2. The highest BCUT2D eigenvalue weighted by atomic mass is 16.5. The molecule has 0 spiro atoms. The molecule has 108 valence electrons. The van der Waals surface area contributed by atoms with Crippen LogP contribution in [-0.4, -0.2) is 20.9 Å². The fourth-order valence-electron chi connectivity index (χ4n) is 2.10. The predicted molar refractivity (Wildman–Crippen MR) is 82.2 cm³/mol. The van der Waals surface area contributed by atoms with Gasteiger partial charge in [0, 0.05) is 19.8 Å². The topological polar surface area (TPSA) is 45.5 Å². The van der Waals surface area contributed by atoms with Crippen LogP contribution in [0.3, 0.4) is 0 Å². The average molecular weight is 282 g/mol. The van der Waals surface area contributed by atoms with Crippen molar-refractivity contribution in [2.24, 2.45) is 0 Å². The van der Waals surface area contributed by atoms with E-state index in [2.05, 4.69) is 24.3 Å². The summed E-state index contributed by atoms with van der Waals surface area (Å²) in [5.74, 6) is 0.567. The molecular weight excluding hydrogens is 264 g/mol. The van der Waals surface area contributed by atoms with Crippen molar-refractivity contribution in [3.63, 3.8) is 0 Å². The Morgan fingerprint density at radius 1 is 1.00 bits per heavy atom. The number of nitriles is 1. The number of methoxy groups -OCH3 is 1. The van der Waals surface area contributed by atoms with Crippen molar-refractivity contribution >= 4 is 5.69 Å². The van der Waals surface area contributed by atoms with Crippen molar-refractivity contribution in [2.45, 2.75) is 6.42 Å². The molecule has 0 saturated carbocycles. The average Bonchev–Trinajstić information content (AvgIpc) is 2.50. The van der Waals surface area contributed by atoms with Crippen LogP contribution in [0, 0.1) is 11.5 Å². The minimum absolute atomic E-state index is 0.567. The van der Waals surface area contributed by atoms with Crippen molar-refractivity contribution in [1.29, 1.82) is 5.26 Å². The zero-order valence-electron chi connectivity index (χ0n) is 12.2. The van der Waals surface area contributed by atoms with E-state index in [9.17, 15) is 0 Å². The minimum Gasteiger partial charge on any atom is -0.388 e. The molecule has 0 saturated heterocycles. The largest absolute Gasteiger partial charge is 0.388 e. The molecule has 2 aromatic carbocycles. The number of nitrogens with zero attached hydrogens (tertiary/aromatic N) is 2. The zero-order chi connectivity index (χ0) is 15.1. The maximum atomic E-state index is 8.45. The van der Waals surface area contributed by atoms with Crippen molar-refractivity contribution in [2.75, 3.05) is 25.8 Å². The Labute approximate surface area is 125 Å². The Hall–Kier alpha value is -2.51. The van der Waals surface area contributed by atoms with Crippen LogP contribution < -0.4 is 9.64 Å². The first kappa shape index (κ1) is 14.9. The zero-order valence-corrected chi connectivity index (χ0v) is 12.2. The van der Waals surface area contributed by atoms with Gasteiger partial charge in [0.1, 0.15) is 12.5 Å². The van der Waals surface area contributed by atoms with Gasteiger partial charge >= 0.3 is 0 Å². The van der Waals surface area contributed by atoms with E-state index in [4.69, 9.17) is 14.7 Å². The van der Waals surface area contributed by atoms with Crippen LogP contribution in [-0.2, 0) is 11.2 Å². The van der Waals surface area contributed by atoms with E-state index < -0.39 is 0 Å². The van der Waals surface area contributed by atoms with Gasteiger partial charge in [0.2, 0.25) is 0 Å². The van der Waals surface area contributed by atoms with Gasteiger partial charge in [-0.15, -0.1) is 5.26 Å². The van der Waals surface area contributed by atoms with Gasteiger partial charge in [-0.05, 0) is 41.8 Å². The molecule has 0 aliphatic carbocycles. The van der Waals surface area contributed by atoms with Crippen LogP contribution in [0.4, 0.5) is 5.69 Å². The minimum atomic E-state index is 0.567. The number of rotatable bonds is 6. The van der Waals surface area contributed by atoms with Gasteiger partial charge < -0.3 is 14.4 Å². The molecular formula is C17H18N2O2. The molecule has 4 heteroatoms.